The second kappa shape index (κ2) is 5.87. The predicted molar refractivity (Wildman–Crippen MR) is 69.9 cm³/mol. The van der Waals surface area contributed by atoms with Crippen LogP contribution in [0.2, 0.25) is 0 Å². The molecule has 1 saturated heterocycles. The Bertz CT molecular complexity index is 514. The first kappa shape index (κ1) is 13.6. The van der Waals surface area contributed by atoms with E-state index in [4.69, 9.17) is 0 Å². The fraction of sp³-hybridized carbons (Fsp3) is 0.364. The van der Waals surface area contributed by atoms with E-state index in [2.05, 4.69) is 31.8 Å². The highest BCUT2D eigenvalue weighted by molar-refractivity contribution is 9.10. The number of H-pyrrole nitrogens is 1. The van der Waals surface area contributed by atoms with Gasteiger partial charge in [0.05, 0.1) is 0 Å². The van der Waals surface area contributed by atoms with Crippen LogP contribution in [-0.4, -0.2) is 40.7 Å². The van der Waals surface area contributed by atoms with Crippen LogP contribution >= 0.6 is 15.9 Å². The van der Waals surface area contributed by atoms with Crippen LogP contribution < -0.4 is 10.9 Å². The topological polar surface area (TPSA) is 94.3 Å². The number of likely N-dealkylation sites (tertiary alicyclic amines) is 1. The first-order chi connectivity index (χ1) is 9.06. The van der Waals surface area contributed by atoms with Gasteiger partial charge in [0.2, 0.25) is 5.91 Å². The number of halogens is 1. The zero-order valence-electron chi connectivity index (χ0n) is 10.0. The predicted octanol–water partition coefficient (Wildman–Crippen LogP) is 0.161. The minimum Gasteiger partial charge on any atom is -0.356 e. The average molecular weight is 329 g/mol. The molecular formula is C11H13BrN4O3. The lowest BCUT2D eigenvalue weighted by molar-refractivity contribution is -0.133. The van der Waals surface area contributed by atoms with Gasteiger partial charge in [-0.05, 0) is 28.4 Å². The molecule has 0 spiro atoms. The van der Waals surface area contributed by atoms with Gasteiger partial charge in [0, 0.05) is 23.6 Å². The summed E-state index contributed by atoms with van der Waals surface area (Å²) in [6.07, 6.45) is 2.87. The van der Waals surface area contributed by atoms with Gasteiger partial charge >= 0.3 is 0 Å². The SMILES string of the molecule is O=C(CN1CCCC1=O)NNC(=O)c1cc(Br)c[nH]1. The number of rotatable bonds is 3. The van der Waals surface area contributed by atoms with E-state index in [1.54, 1.807) is 12.3 Å². The summed E-state index contributed by atoms with van der Waals surface area (Å²) in [5.74, 6) is -0.907. The molecule has 0 aromatic carbocycles. The minimum atomic E-state index is -0.452. The molecule has 0 bridgehead atoms. The standard InChI is InChI=1S/C11H13BrN4O3/c12-7-4-8(13-5-7)11(19)15-14-9(17)6-16-3-1-2-10(16)18/h4-5,13H,1-3,6H2,(H,14,17)(H,15,19). The van der Waals surface area contributed by atoms with Crippen molar-refractivity contribution >= 4 is 33.7 Å². The second-order valence-corrected chi connectivity index (χ2v) is 5.07. The zero-order chi connectivity index (χ0) is 13.8. The van der Waals surface area contributed by atoms with Gasteiger partial charge in [-0.25, -0.2) is 0 Å². The number of amides is 3. The molecule has 19 heavy (non-hydrogen) atoms. The van der Waals surface area contributed by atoms with Crippen molar-refractivity contribution in [2.45, 2.75) is 12.8 Å². The number of carbonyl (C=O) groups excluding carboxylic acids is 3. The summed E-state index contributed by atoms with van der Waals surface area (Å²) in [5, 5.41) is 0. The van der Waals surface area contributed by atoms with Crippen LogP contribution in [0.4, 0.5) is 0 Å². The molecule has 0 radical (unpaired) electrons. The Balaban J connectivity index is 1.77. The number of nitrogens with one attached hydrogen (secondary N) is 3. The van der Waals surface area contributed by atoms with E-state index in [1.807, 2.05) is 0 Å². The van der Waals surface area contributed by atoms with Gasteiger partial charge in [-0.2, -0.15) is 0 Å². The smallest absolute Gasteiger partial charge is 0.286 e. The van der Waals surface area contributed by atoms with Crippen molar-refractivity contribution in [1.29, 1.82) is 0 Å². The lowest BCUT2D eigenvalue weighted by Crippen LogP contribution is -2.46. The van der Waals surface area contributed by atoms with Gasteiger partial charge in [0.15, 0.2) is 0 Å². The van der Waals surface area contributed by atoms with Gasteiger partial charge in [0.25, 0.3) is 11.8 Å². The van der Waals surface area contributed by atoms with Crippen LogP contribution in [0.25, 0.3) is 0 Å². The quantitative estimate of drug-likeness (QED) is 0.690. The molecule has 1 aliphatic heterocycles. The Hall–Kier alpha value is -1.83. The van der Waals surface area contributed by atoms with Gasteiger partial charge < -0.3 is 9.88 Å². The molecule has 3 amide bonds. The Morgan fingerprint density at radius 3 is 2.79 bits per heavy atom. The van der Waals surface area contributed by atoms with E-state index in [-0.39, 0.29) is 12.5 Å². The minimum absolute atomic E-state index is 0.0326. The maximum Gasteiger partial charge on any atom is 0.286 e. The monoisotopic (exact) mass is 328 g/mol. The molecule has 3 N–H and O–H groups in total. The van der Waals surface area contributed by atoms with Crippen molar-refractivity contribution in [3.05, 3.63) is 22.4 Å². The van der Waals surface area contributed by atoms with E-state index in [9.17, 15) is 14.4 Å². The molecule has 1 aromatic heterocycles. The lowest BCUT2D eigenvalue weighted by atomic mass is 10.4. The highest BCUT2D eigenvalue weighted by Crippen LogP contribution is 2.10. The highest BCUT2D eigenvalue weighted by Gasteiger charge is 2.22. The van der Waals surface area contributed by atoms with E-state index in [1.165, 1.54) is 4.90 Å². The van der Waals surface area contributed by atoms with Crippen LogP contribution in [0.1, 0.15) is 23.3 Å². The molecule has 0 unspecified atom stereocenters. The molecule has 102 valence electrons. The van der Waals surface area contributed by atoms with Crippen molar-refractivity contribution in [2.24, 2.45) is 0 Å². The van der Waals surface area contributed by atoms with Crippen molar-refractivity contribution in [1.82, 2.24) is 20.7 Å². The van der Waals surface area contributed by atoms with E-state index < -0.39 is 11.8 Å². The zero-order valence-corrected chi connectivity index (χ0v) is 11.6. The van der Waals surface area contributed by atoms with Crippen LogP contribution in [-0.2, 0) is 9.59 Å². The molecule has 8 heteroatoms. The van der Waals surface area contributed by atoms with Gasteiger partial charge in [0.1, 0.15) is 12.2 Å². The Kier molecular flexibility index (Phi) is 4.20. The Labute approximate surface area is 117 Å². The van der Waals surface area contributed by atoms with Crippen molar-refractivity contribution < 1.29 is 14.4 Å². The summed E-state index contributed by atoms with van der Waals surface area (Å²) in [5.41, 5.74) is 4.87. The molecule has 0 saturated carbocycles. The molecule has 1 aliphatic rings. The molecule has 1 aromatic rings. The number of hydrogen-bond donors (Lipinski definition) is 3. The number of hydrazine groups is 1. The molecule has 2 rings (SSSR count). The maximum atomic E-state index is 11.6. The van der Waals surface area contributed by atoms with Crippen LogP contribution in [0, 0.1) is 0 Å². The number of nitrogens with zero attached hydrogens (tertiary/aromatic N) is 1. The fourth-order valence-corrected chi connectivity index (χ4v) is 2.12. The normalized spacial score (nSPS) is 14.6. The maximum absolute atomic E-state index is 11.6. The van der Waals surface area contributed by atoms with E-state index in [0.717, 1.165) is 10.9 Å². The summed E-state index contributed by atoms with van der Waals surface area (Å²) >= 11 is 3.20. The Morgan fingerprint density at radius 1 is 1.42 bits per heavy atom. The average Bonchev–Trinajstić information content (AvgIpc) is 2.96. The van der Waals surface area contributed by atoms with Crippen LogP contribution in [0.15, 0.2) is 16.7 Å². The summed E-state index contributed by atoms with van der Waals surface area (Å²) in [6.45, 7) is 0.553. The van der Waals surface area contributed by atoms with Crippen LogP contribution in [0.3, 0.4) is 0 Å². The second-order valence-electron chi connectivity index (χ2n) is 4.15. The summed E-state index contributed by atoms with van der Waals surface area (Å²) in [4.78, 5) is 38.7. The number of hydrogen-bond acceptors (Lipinski definition) is 3. The van der Waals surface area contributed by atoms with E-state index in [0.29, 0.717) is 18.7 Å². The van der Waals surface area contributed by atoms with E-state index >= 15 is 0 Å². The molecule has 2 heterocycles. The highest BCUT2D eigenvalue weighted by atomic mass is 79.9. The van der Waals surface area contributed by atoms with Crippen molar-refractivity contribution in [3.63, 3.8) is 0 Å². The molecule has 1 fully saturated rings. The largest absolute Gasteiger partial charge is 0.356 e. The third-order valence-electron chi connectivity index (χ3n) is 2.71. The molecular weight excluding hydrogens is 316 g/mol. The first-order valence-electron chi connectivity index (χ1n) is 5.77. The third-order valence-corrected chi connectivity index (χ3v) is 3.17. The van der Waals surface area contributed by atoms with Gasteiger partial charge in [-0.1, -0.05) is 0 Å². The number of aromatic nitrogens is 1. The fourth-order valence-electron chi connectivity index (χ4n) is 1.78. The lowest BCUT2D eigenvalue weighted by Gasteiger charge is -2.14. The third kappa shape index (κ3) is 3.57. The van der Waals surface area contributed by atoms with Crippen LogP contribution in [0.5, 0.6) is 0 Å². The molecule has 7 nitrogen and oxygen atoms in total. The van der Waals surface area contributed by atoms with Gasteiger partial charge in [-0.15, -0.1) is 0 Å². The summed E-state index contributed by atoms with van der Waals surface area (Å²) < 4.78 is 0.742. The molecule has 0 atom stereocenters. The van der Waals surface area contributed by atoms with Crippen molar-refractivity contribution in [3.8, 4) is 0 Å². The number of carbonyl (C=O) groups is 3. The van der Waals surface area contributed by atoms with Gasteiger partial charge in [-0.3, -0.25) is 25.2 Å². The molecule has 0 aliphatic carbocycles. The summed E-state index contributed by atoms with van der Waals surface area (Å²) in [6, 6.07) is 1.59. The number of aromatic amines is 1. The Morgan fingerprint density at radius 2 is 2.21 bits per heavy atom. The van der Waals surface area contributed by atoms with Crippen molar-refractivity contribution in [2.75, 3.05) is 13.1 Å². The first-order valence-corrected chi connectivity index (χ1v) is 6.56. The summed E-state index contributed by atoms with van der Waals surface area (Å²) in [7, 11) is 0.